The summed E-state index contributed by atoms with van der Waals surface area (Å²) in [6, 6.07) is 12.5. The average Bonchev–Trinajstić information content (AvgIpc) is 3.34. The van der Waals surface area contributed by atoms with Crippen molar-refractivity contribution in [2.24, 2.45) is 0 Å². The van der Waals surface area contributed by atoms with Gasteiger partial charge in [0.15, 0.2) is 0 Å². The van der Waals surface area contributed by atoms with Gasteiger partial charge in [-0.2, -0.15) is 0 Å². The maximum atomic E-state index is 12.3. The van der Waals surface area contributed by atoms with Gasteiger partial charge >= 0.3 is 6.03 Å². The Kier molecular flexibility index (Phi) is 7.83. The molecular weight excluding hydrogens is 416 g/mol. The summed E-state index contributed by atoms with van der Waals surface area (Å²) in [5, 5.41) is 8.34. The van der Waals surface area contributed by atoms with Crippen molar-refractivity contribution < 1.29 is 14.3 Å². The number of nitrogens with zero attached hydrogens (tertiary/aromatic N) is 1. The molecule has 2 aromatic carbocycles. The second kappa shape index (κ2) is 11.2. The molecule has 2 aromatic rings. The van der Waals surface area contributed by atoms with Crippen LogP contribution in [0.5, 0.6) is 11.5 Å². The molecule has 0 aromatic heterocycles. The van der Waals surface area contributed by atoms with E-state index in [0.29, 0.717) is 18.0 Å². The first-order valence-electron chi connectivity index (χ1n) is 12.0. The number of anilines is 1. The fraction of sp³-hybridized carbons (Fsp3) is 0.462. The Morgan fingerprint density at radius 2 is 1.64 bits per heavy atom. The van der Waals surface area contributed by atoms with Gasteiger partial charge in [0.05, 0.1) is 0 Å². The van der Waals surface area contributed by atoms with Crippen molar-refractivity contribution in [3.8, 4) is 11.5 Å². The van der Waals surface area contributed by atoms with Crippen LogP contribution in [0.4, 0.5) is 10.5 Å². The first-order chi connectivity index (χ1) is 16.1. The van der Waals surface area contributed by atoms with Gasteiger partial charge < -0.3 is 25.6 Å². The standard InChI is InChI=1S/C26H34N4O3/c1-19(25(31)27-14-17-30-15-4-5-16-30)28-26(32)29-22-9-12-23(13-10-22)33-24-11-8-20-6-2-3-7-21(20)18-24/h8-13,18-19H,2-7,14-17H2,1H3,(H,27,31)(H2,28,29,32). The molecule has 1 aliphatic carbocycles. The molecule has 3 amide bonds. The molecule has 7 heteroatoms. The fourth-order valence-corrected chi connectivity index (χ4v) is 4.44. The maximum Gasteiger partial charge on any atom is 0.319 e. The maximum absolute atomic E-state index is 12.3. The molecular formula is C26H34N4O3. The van der Waals surface area contributed by atoms with Crippen molar-refractivity contribution in [3.05, 3.63) is 53.6 Å². The zero-order valence-electron chi connectivity index (χ0n) is 19.4. The van der Waals surface area contributed by atoms with Crippen molar-refractivity contribution in [2.75, 3.05) is 31.5 Å². The summed E-state index contributed by atoms with van der Waals surface area (Å²) in [6.45, 7) is 5.33. The second-order valence-electron chi connectivity index (χ2n) is 8.92. The SMILES string of the molecule is CC(NC(=O)Nc1ccc(Oc2ccc3c(c2)CCCC3)cc1)C(=O)NCCN1CCCC1. The van der Waals surface area contributed by atoms with E-state index in [0.717, 1.165) is 38.2 Å². The van der Waals surface area contributed by atoms with E-state index in [9.17, 15) is 9.59 Å². The Morgan fingerprint density at radius 3 is 2.39 bits per heavy atom. The number of benzene rings is 2. The first-order valence-corrected chi connectivity index (χ1v) is 12.0. The number of hydrogen-bond donors (Lipinski definition) is 3. The molecule has 4 rings (SSSR count). The molecule has 1 saturated heterocycles. The number of amides is 3. The third kappa shape index (κ3) is 6.71. The van der Waals surface area contributed by atoms with Gasteiger partial charge in [-0.05, 0) is 106 Å². The molecule has 0 spiro atoms. The van der Waals surface area contributed by atoms with Gasteiger partial charge in [-0.3, -0.25) is 4.79 Å². The predicted molar refractivity (Wildman–Crippen MR) is 130 cm³/mol. The second-order valence-corrected chi connectivity index (χ2v) is 8.92. The van der Waals surface area contributed by atoms with Crippen LogP contribution in [0, 0.1) is 0 Å². The average molecular weight is 451 g/mol. The third-order valence-corrected chi connectivity index (χ3v) is 6.33. The summed E-state index contributed by atoms with van der Waals surface area (Å²) in [5.41, 5.74) is 3.43. The van der Waals surface area contributed by atoms with E-state index in [1.54, 1.807) is 19.1 Å². The number of rotatable bonds is 8. The van der Waals surface area contributed by atoms with Crippen molar-refractivity contribution in [1.82, 2.24) is 15.5 Å². The minimum absolute atomic E-state index is 0.182. The number of ether oxygens (including phenoxy) is 1. The van der Waals surface area contributed by atoms with Crippen LogP contribution in [0.25, 0.3) is 0 Å². The summed E-state index contributed by atoms with van der Waals surface area (Å²) in [5.74, 6) is 1.36. The quantitative estimate of drug-likeness (QED) is 0.566. The van der Waals surface area contributed by atoms with E-state index in [2.05, 4.69) is 33.0 Å². The van der Waals surface area contributed by atoms with Crippen LogP contribution >= 0.6 is 0 Å². The van der Waals surface area contributed by atoms with E-state index >= 15 is 0 Å². The number of fused-ring (bicyclic) bond motifs is 1. The van der Waals surface area contributed by atoms with E-state index in [-0.39, 0.29) is 5.91 Å². The van der Waals surface area contributed by atoms with E-state index in [1.807, 2.05) is 18.2 Å². The van der Waals surface area contributed by atoms with Gasteiger partial charge in [0.2, 0.25) is 5.91 Å². The van der Waals surface area contributed by atoms with Crippen molar-refractivity contribution in [2.45, 2.75) is 51.5 Å². The van der Waals surface area contributed by atoms with Crippen LogP contribution in [0.2, 0.25) is 0 Å². The molecule has 1 unspecified atom stereocenters. The zero-order chi connectivity index (χ0) is 23.0. The highest BCUT2D eigenvalue weighted by molar-refractivity contribution is 5.93. The molecule has 0 bridgehead atoms. The summed E-state index contributed by atoms with van der Waals surface area (Å²) in [6.07, 6.45) is 7.21. The Hall–Kier alpha value is -3.06. The highest BCUT2D eigenvalue weighted by atomic mass is 16.5. The highest BCUT2D eigenvalue weighted by Crippen LogP contribution is 2.28. The lowest BCUT2D eigenvalue weighted by atomic mass is 9.92. The Labute approximate surface area is 195 Å². The lowest BCUT2D eigenvalue weighted by Crippen LogP contribution is -2.47. The summed E-state index contributed by atoms with van der Waals surface area (Å²) < 4.78 is 5.99. The monoisotopic (exact) mass is 450 g/mol. The number of hydrogen-bond acceptors (Lipinski definition) is 4. The number of nitrogens with one attached hydrogen (secondary N) is 3. The number of aryl methyl sites for hydroxylation is 2. The minimum Gasteiger partial charge on any atom is -0.457 e. The molecule has 176 valence electrons. The van der Waals surface area contributed by atoms with Gasteiger partial charge in [-0.1, -0.05) is 6.07 Å². The van der Waals surface area contributed by atoms with Crippen LogP contribution in [-0.2, 0) is 17.6 Å². The first kappa shape index (κ1) is 23.1. The van der Waals surface area contributed by atoms with Crippen LogP contribution in [0.1, 0.15) is 43.7 Å². The fourth-order valence-electron chi connectivity index (χ4n) is 4.44. The molecule has 2 aliphatic rings. The third-order valence-electron chi connectivity index (χ3n) is 6.33. The Morgan fingerprint density at radius 1 is 0.939 bits per heavy atom. The van der Waals surface area contributed by atoms with Gasteiger partial charge in [0, 0.05) is 18.8 Å². The molecule has 33 heavy (non-hydrogen) atoms. The molecule has 0 radical (unpaired) electrons. The smallest absolute Gasteiger partial charge is 0.319 e. The van der Waals surface area contributed by atoms with E-state index in [4.69, 9.17) is 4.74 Å². The molecule has 1 atom stereocenters. The van der Waals surface area contributed by atoms with E-state index < -0.39 is 12.1 Å². The predicted octanol–water partition coefficient (Wildman–Crippen LogP) is 4.08. The normalized spacial score (nSPS) is 16.5. The zero-order valence-corrected chi connectivity index (χ0v) is 19.4. The molecule has 3 N–H and O–H groups in total. The molecule has 1 aliphatic heterocycles. The van der Waals surface area contributed by atoms with Gasteiger partial charge in [0.25, 0.3) is 0 Å². The summed E-state index contributed by atoms with van der Waals surface area (Å²) in [7, 11) is 0. The Bertz CT molecular complexity index is 955. The van der Waals surface area contributed by atoms with Gasteiger partial charge in [-0.25, -0.2) is 4.79 Å². The van der Waals surface area contributed by atoms with E-state index in [1.165, 1.54) is 36.8 Å². The lowest BCUT2D eigenvalue weighted by Gasteiger charge is -2.18. The Balaban J connectivity index is 1.21. The van der Waals surface area contributed by atoms with Crippen LogP contribution in [0.15, 0.2) is 42.5 Å². The van der Waals surface area contributed by atoms with Gasteiger partial charge in [-0.15, -0.1) is 0 Å². The van der Waals surface area contributed by atoms with Crippen LogP contribution in [0.3, 0.4) is 0 Å². The van der Waals surface area contributed by atoms with Crippen molar-refractivity contribution in [1.29, 1.82) is 0 Å². The van der Waals surface area contributed by atoms with Gasteiger partial charge in [0.1, 0.15) is 17.5 Å². The minimum atomic E-state index is -0.616. The van der Waals surface area contributed by atoms with Crippen LogP contribution < -0.4 is 20.7 Å². The summed E-state index contributed by atoms with van der Waals surface area (Å²) >= 11 is 0. The van der Waals surface area contributed by atoms with Crippen molar-refractivity contribution >= 4 is 17.6 Å². The number of carbonyl (C=O) groups excluding carboxylic acids is 2. The van der Waals surface area contributed by atoms with Crippen molar-refractivity contribution in [3.63, 3.8) is 0 Å². The number of carbonyl (C=O) groups is 2. The summed E-state index contributed by atoms with van der Waals surface area (Å²) in [4.78, 5) is 26.8. The van der Waals surface area contributed by atoms with Crippen LogP contribution in [-0.4, -0.2) is 49.1 Å². The molecule has 1 fully saturated rings. The number of urea groups is 1. The molecule has 0 saturated carbocycles. The number of likely N-dealkylation sites (tertiary alicyclic amines) is 1. The highest BCUT2D eigenvalue weighted by Gasteiger charge is 2.17. The topological polar surface area (TPSA) is 82.7 Å². The molecule has 1 heterocycles. The molecule has 7 nitrogen and oxygen atoms in total. The lowest BCUT2D eigenvalue weighted by molar-refractivity contribution is -0.122. The largest absolute Gasteiger partial charge is 0.457 e.